The molecule has 1 saturated carbocycles. The van der Waals surface area contributed by atoms with Crippen molar-refractivity contribution in [2.75, 3.05) is 33.2 Å². The minimum Gasteiger partial charge on any atom is -0.329 e. The van der Waals surface area contributed by atoms with Crippen LogP contribution in [-0.4, -0.2) is 54.6 Å². The molecule has 3 heteroatoms. The summed E-state index contributed by atoms with van der Waals surface area (Å²) in [7, 11) is 2.22. The molecular formula is C12H25N3. The summed E-state index contributed by atoms with van der Waals surface area (Å²) in [5.41, 5.74) is 6.39. The van der Waals surface area contributed by atoms with Gasteiger partial charge in [-0.1, -0.05) is 12.8 Å². The van der Waals surface area contributed by atoms with Crippen molar-refractivity contribution >= 4 is 0 Å². The average Bonchev–Trinajstić information content (AvgIpc) is 2.67. The molecule has 1 saturated heterocycles. The van der Waals surface area contributed by atoms with Gasteiger partial charge in [-0.3, -0.25) is 4.90 Å². The van der Waals surface area contributed by atoms with Gasteiger partial charge in [-0.05, 0) is 26.8 Å². The van der Waals surface area contributed by atoms with Crippen molar-refractivity contribution in [1.82, 2.24) is 9.80 Å². The van der Waals surface area contributed by atoms with Crippen LogP contribution >= 0.6 is 0 Å². The Bertz CT molecular complexity index is 211. The smallest absolute Gasteiger partial charge is 0.0335 e. The molecule has 1 atom stereocenters. The Morgan fingerprint density at radius 3 is 2.47 bits per heavy atom. The van der Waals surface area contributed by atoms with E-state index in [1.807, 2.05) is 0 Å². The summed E-state index contributed by atoms with van der Waals surface area (Å²) in [6, 6.07) is 0.672. The maximum absolute atomic E-state index is 6.04. The van der Waals surface area contributed by atoms with E-state index in [9.17, 15) is 0 Å². The van der Waals surface area contributed by atoms with Crippen LogP contribution in [0.2, 0.25) is 0 Å². The van der Waals surface area contributed by atoms with Crippen molar-refractivity contribution in [2.24, 2.45) is 5.73 Å². The van der Waals surface area contributed by atoms with Crippen LogP contribution in [0.5, 0.6) is 0 Å². The van der Waals surface area contributed by atoms with E-state index >= 15 is 0 Å². The second kappa shape index (κ2) is 4.40. The predicted molar refractivity (Wildman–Crippen MR) is 63.9 cm³/mol. The quantitative estimate of drug-likeness (QED) is 0.736. The summed E-state index contributed by atoms with van der Waals surface area (Å²) in [6.07, 6.45) is 5.38. The second-order valence-corrected chi connectivity index (χ2v) is 5.44. The van der Waals surface area contributed by atoms with E-state index < -0.39 is 0 Å². The van der Waals surface area contributed by atoms with Gasteiger partial charge in [0.2, 0.25) is 0 Å². The summed E-state index contributed by atoms with van der Waals surface area (Å²) in [4.78, 5) is 5.13. The SMILES string of the molecule is CC1CN(C)CCN1C1(CN)CCCC1. The molecule has 0 aromatic carbocycles. The Balaban J connectivity index is 2.07. The van der Waals surface area contributed by atoms with Gasteiger partial charge in [0.1, 0.15) is 0 Å². The molecule has 15 heavy (non-hydrogen) atoms. The highest BCUT2D eigenvalue weighted by Gasteiger charge is 2.41. The zero-order chi connectivity index (χ0) is 10.9. The lowest BCUT2D eigenvalue weighted by Crippen LogP contribution is -2.62. The van der Waals surface area contributed by atoms with E-state index in [1.54, 1.807) is 0 Å². The van der Waals surface area contributed by atoms with Crippen LogP contribution in [0, 0.1) is 0 Å². The van der Waals surface area contributed by atoms with Gasteiger partial charge >= 0.3 is 0 Å². The number of rotatable bonds is 2. The highest BCUT2D eigenvalue weighted by molar-refractivity contribution is 4.99. The van der Waals surface area contributed by atoms with Gasteiger partial charge in [0.05, 0.1) is 0 Å². The monoisotopic (exact) mass is 211 g/mol. The molecule has 0 aromatic rings. The van der Waals surface area contributed by atoms with Gasteiger partial charge < -0.3 is 10.6 Å². The molecule has 1 heterocycles. The van der Waals surface area contributed by atoms with E-state index in [4.69, 9.17) is 5.73 Å². The number of likely N-dealkylation sites (N-methyl/N-ethyl adjacent to an activating group) is 1. The highest BCUT2D eigenvalue weighted by Crippen LogP contribution is 2.36. The molecule has 0 radical (unpaired) electrons. The minimum absolute atomic E-state index is 0.348. The first kappa shape index (κ1) is 11.4. The number of nitrogens with zero attached hydrogens (tertiary/aromatic N) is 2. The molecule has 0 spiro atoms. The first-order valence-corrected chi connectivity index (χ1v) is 6.33. The lowest BCUT2D eigenvalue weighted by Gasteiger charge is -2.49. The van der Waals surface area contributed by atoms with Crippen molar-refractivity contribution in [3.63, 3.8) is 0 Å². The number of nitrogens with two attached hydrogens (primary N) is 1. The van der Waals surface area contributed by atoms with Crippen molar-refractivity contribution < 1.29 is 0 Å². The van der Waals surface area contributed by atoms with Crippen LogP contribution in [0.1, 0.15) is 32.6 Å². The molecule has 0 aromatic heterocycles. The topological polar surface area (TPSA) is 32.5 Å². The third-order valence-corrected chi connectivity index (χ3v) is 4.35. The largest absolute Gasteiger partial charge is 0.329 e. The Morgan fingerprint density at radius 1 is 1.27 bits per heavy atom. The summed E-state index contributed by atoms with van der Waals surface area (Å²) in [5, 5.41) is 0. The molecule has 1 aliphatic heterocycles. The van der Waals surface area contributed by atoms with Crippen molar-refractivity contribution in [3.05, 3.63) is 0 Å². The number of hydrogen-bond donors (Lipinski definition) is 1. The van der Waals surface area contributed by atoms with Crippen LogP contribution in [0.25, 0.3) is 0 Å². The van der Waals surface area contributed by atoms with Crippen LogP contribution in [0.15, 0.2) is 0 Å². The Labute approximate surface area is 93.6 Å². The lowest BCUT2D eigenvalue weighted by atomic mass is 9.92. The van der Waals surface area contributed by atoms with Gasteiger partial charge in [-0.15, -0.1) is 0 Å². The van der Waals surface area contributed by atoms with Crippen LogP contribution < -0.4 is 5.73 Å². The summed E-state index contributed by atoms with van der Waals surface area (Å²) in [5.74, 6) is 0. The molecular weight excluding hydrogens is 186 g/mol. The van der Waals surface area contributed by atoms with E-state index in [0.717, 1.165) is 6.54 Å². The van der Waals surface area contributed by atoms with Gasteiger partial charge in [0, 0.05) is 37.8 Å². The fourth-order valence-corrected chi connectivity index (χ4v) is 3.49. The van der Waals surface area contributed by atoms with Crippen LogP contribution in [0.4, 0.5) is 0 Å². The van der Waals surface area contributed by atoms with Crippen molar-refractivity contribution in [3.8, 4) is 0 Å². The predicted octanol–water partition coefficient (Wildman–Crippen LogP) is 0.894. The van der Waals surface area contributed by atoms with Crippen LogP contribution in [-0.2, 0) is 0 Å². The Kier molecular flexibility index (Phi) is 3.33. The van der Waals surface area contributed by atoms with Crippen LogP contribution in [0.3, 0.4) is 0 Å². The molecule has 0 amide bonds. The second-order valence-electron chi connectivity index (χ2n) is 5.44. The highest BCUT2D eigenvalue weighted by atomic mass is 15.3. The van der Waals surface area contributed by atoms with E-state index in [0.29, 0.717) is 11.6 Å². The molecule has 2 fully saturated rings. The molecule has 88 valence electrons. The standard InChI is InChI=1S/C12H25N3/c1-11-9-14(2)7-8-15(11)12(10-13)5-3-4-6-12/h11H,3-10,13H2,1-2H3. The Morgan fingerprint density at radius 2 is 1.93 bits per heavy atom. The normalized spacial score (nSPS) is 33.4. The van der Waals surface area contributed by atoms with Gasteiger partial charge in [-0.25, -0.2) is 0 Å². The zero-order valence-corrected chi connectivity index (χ0v) is 10.2. The van der Waals surface area contributed by atoms with E-state index in [-0.39, 0.29) is 0 Å². The molecule has 1 aliphatic carbocycles. The first-order chi connectivity index (χ1) is 7.18. The van der Waals surface area contributed by atoms with Crippen molar-refractivity contribution in [1.29, 1.82) is 0 Å². The van der Waals surface area contributed by atoms with Crippen molar-refractivity contribution in [2.45, 2.75) is 44.2 Å². The number of hydrogen-bond acceptors (Lipinski definition) is 3. The number of piperazine rings is 1. The summed E-state index contributed by atoms with van der Waals surface area (Å²) in [6.45, 7) is 6.80. The zero-order valence-electron chi connectivity index (χ0n) is 10.2. The van der Waals surface area contributed by atoms with Gasteiger partial charge in [0.15, 0.2) is 0 Å². The summed E-state index contributed by atoms with van der Waals surface area (Å²) < 4.78 is 0. The summed E-state index contributed by atoms with van der Waals surface area (Å²) >= 11 is 0. The molecule has 2 rings (SSSR count). The molecule has 3 nitrogen and oxygen atoms in total. The minimum atomic E-state index is 0.348. The molecule has 0 bridgehead atoms. The fourth-order valence-electron chi connectivity index (χ4n) is 3.49. The van der Waals surface area contributed by atoms with E-state index in [2.05, 4.69) is 23.8 Å². The third-order valence-electron chi connectivity index (χ3n) is 4.35. The maximum atomic E-state index is 6.04. The Hall–Kier alpha value is -0.120. The first-order valence-electron chi connectivity index (χ1n) is 6.33. The maximum Gasteiger partial charge on any atom is 0.0335 e. The molecule has 2 N–H and O–H groups in total. The third kappa shape index (κ3) is 2.05. The van der Waals surface area contributed by atoms with Gasteiger partial charge in [-0.2, -0.15) is 0 Å². The fraction of sp³-hybridized carbons (Fsp3) is 1.00. The molecule has 2 aliphatic rings. The molecule has 1 unspecified atom stereocenters. The lowest BCUT2D eigenvalue weighted by molar-refractivity contribution is 0.00635. The van der Waals surface area contributed by atoms with E-state index in [1.165, 1.54) is 45.3 Å². The van der Waals surface area contributed by atoms with Gasteiger partial charge in [0.25, 0.3) is 0 Å². The average molecular weight is 211 g/mol.